The zero-order valence-electron chi connectivity index (χ0n) is 36.9. The van der Waals surface area contributed by atoms with Gasteiger partial charge in [-0.3, -0.25) is 57.9 Å². The molecule has 356 valence electrons. The second kappa shape index (κ2) is 23.8. The zero-order valence-corrected chi connectivity index (χ0v) is 36.9. The lowest BCUT2D eigenvalue weighted by molar-refractivity contribution is -0.141. The fraction of sp³-hybridized carbons (Fsp3) is 0.326. The van der Waals surface area contributed by atoms with Gasteiger partial charge in [0.15, 0.2) is 11.5 Å². The number of aldehydes is 1. The molecule has 3 aromatic rings. The average Bonchev–Trinajstić information content (AvgIpc) is 3.81. The minimum Gasteiger partial charge on any atom is -0.493 e. The quantitative estimate of drug-likeness (QED) is 0.0293. The molecule has 0 saturated heterocycles. The van der Waals surface area contributed by atoms with Gasteiger partial charge in [-0.2, -0.15) is 0 Å². The second-order valence-electron chi connectivity index (χ2n) is 15.4. The van der Waals surface area contributed by atoms with Crippen LogP contribution < -0.4 is 46.3 Å². The van der Waals surface area contributed by atoms with E-state index in [4.69, 9.17) is 14.2 Å². The molecule has 0 fully saturated rings. The van der Waals surface area contributed by atoms with Crippen molar-refractivity contribution in [2.75, 3.05) is 63.5 Å². The number of aliphatic imine (C=N–C) groups is 1. The van der Waals surface area contributed by atoms with E-state index in [1.807, 2.05) is 6.07 Å². The van der Waals surface area contributed by atoms with Crippen molar-refractivity contribution >= 4 is 82.7 Å². The van der Waals surface area contributed by atoms with Gasteiger partial charge in [0.2, 0.25) is 35.4 Å². The maximum Gasteiger partial charge on any atom is 0.261 e. The van der Waals surface area contributed by atoms with Gasteiger partial charge in [0.05, 0.1) is 56.3 Å². The number of nitrogens with one attached hydrogen (secondary N) is 6. The van der Waals surface area contributed by atoms with E-state index in [0.717, 1.165) is 24.0 Å². The summed E-state index contributed by atoms with van der Waals surface area (Å²) in [6.45, 7) is -2.71. The van der Waals surface area contributed by atoms with Crippen molar-refractivity contribution in [3.8, 4) is 11.5 Å². The number of hydrogen-bond acceptors (Lipinski definition) is 14. The van der Waals surface area contributed by atoms with Crippen LogP contribution in [0.15, 0.2) is 77.8 Å². The van der Waals surface area contributed by atoms with E-state index >= 15 is 0 Å². The van der Waals surface area contributed by atoms with E-state index in [2.05, 4.69) is 36.9 Å². The van der Waals surface area contributed by atoms with Crippen LogP contribution >= 0.6 is 0 Å². The molecular weight excluding hydrogens is 887 g/mol. The molecule has 0 radical (unpaired) electrons. The van der Waals surface area contributed by atoms with E-state index in [0.29, 0.717) is 76.9 Å². The molecule has 3 aliphatic rings. The van der Waals surface area contributed by atoms with Crippen LogP contribution in [0, 0.1) is 0 Å². The monoisotopic (exact) mass is 935 g/mol. The smallest absolute Gasteiger partial charge is 0.261 e. The molecule has 3 aromatic carbocycles. The predicted molar refractivity (Wildman–Crippen MR) is 242 cm³/mol. The predicted octanol–water partition coefficient (Wildman–Crippen LogP) is -0.239. The lowest BCUT2D eigenvalue weighted by Crippen LogP contribution is -2.52. The van der Waals surface area contributed by atoms with Gasteiger partial charge in [0, 0.05) is 49.4 Å². The largest absolute Gasteiger partial charge is 0.493 e. The van der Waals surface area contributed by atoms with E-state index in [-0.39, 0.29) is 25.1 Å². The molecular formula is C46H49N9O13. The van der Waals surface area contributed by atoms with Crippen molar-refractivity contribution in [1.29, 1.82) is 0 Å². The van der Waals surface area contributed by atoms with Gasteiger partial charge in [-0.1, -0.05) is 36.4 Å². The average molecular weight is 936 g/mol. The number of imide groups is 1. The van der Waals surface area contributed by atoms with Crippen LogP contribution in [0.2, 0.25) is 0 Å². The van der Waals surface area contributed by atoms with Crippen LogP contribution in [0.5, 0.6) is 11.5 Å². The lowest BCUT2D eigenvalue weighted by atomic mass is 10.1. The third-order valence-corrected chi connectivity index (χ3v) is 10.5. The van der Waals surface area contributed by atoms with Gasteiger partial charge in [-0.15, -0.1) is 0 Å². The summed E-state index contributed by atoms with van der Waals surface area (Å²) in [5, 5.41) is 14.7. The van der Waals surface area contributed by atoms with Crippen molar-refractivity contribution in [2.24, 2.45) is 4.99 Å². The van der Waals surface area contributed by atoms with Crippen LogP contribution in [0.25, 0.3) is 0 Å². The number of anilines is 2. The Morgan fingerprint density at radius 3 is 2.28 bits per heavy atom. The number of carbonyl (C=O) groups is 10. The van der Waals surface area contributed by atoms with E-state index < -0.39 is 86.1 Å². The highest BCUT2D eigenvalue weighted by Crippen LogP contribution is 2.41. The molecule has 2 atom stereocenters. The molecule has 3 aliphatic heterocycles. The highest BCUT2D eigenvalue weighted by molar-refractivity contribution is 6.16. The highest BCUT2D eigenvalue weighted by atomic mass is 16.5. The van der Waals surface area contributed by atoms with Gasteiger partial charge < -0.3 is 50.9 Å². The minimum atomic E-state index is -1.17. The molecule has 22 heteroatoms. The van der Waals surface area contributed by atoms with Gasteiger partial charge in [0.1, 0.15) is 32.2 Å². The first-order valence-electron chi connectivity index (χ1n) is 21.4. The summed E-state index contributed by atoms with van der Waals surface area (Å²) >= 11 is 0. The molecule has 2 unspecified atom stereocenters. The summed E-state index contributed by atoms with van der Waals surface area (Å²) in [7, 11) is 1.47. The molecule has 6 N–H and O–H groups in total. The van der Waals surface area contributed by atoms with E-state index in [9.17, 15) is 47.9 Å². The fourth-order valence-electron chi connectivity index (χ4n) is 7.16. The second-order valence-corrected chi connectivity index (χ2v) is 15.4. The van der Waals surface area contributed by atoms with Gasteiger partial charge in [-0.25, -0.2) is 0 Å². The van der Waals surface area contributed by atoms with Crippen molar-refractivity contribution in [3.05, 3.63) is 89.5 Å². The summed E-state index contributed by atoms with van der Waals surface area (Å²) in [5.41, 5.74) is 3.26. The van der Waals surface area contributed by atoms with Crippen LogP contribution in [0.3, 0.4) is 0 Å². The summed E-state index contributed by atoms with van der Waals surface area (Å²) in [4.78, 5) is 131. The lowest BCUT2D eigenvalue weighted by Gasteiger charge is -2.22. The van der Waals surface area contributed by atoms with Gasteiger partial charge >= 0.3 is 0 Å². The number of fused-ring (bicyclic) bond motifs is 4. The Hall–Kier alpha value is -8.27. The number of carbonyl (C=O) groups excluding carboxylic acids is 10. The Kier molecular flexibility index (Phi) is 17.2. The van der Waals surface area contributed by atoms with Crippen LogP contribution in [0.4, 0.5) is 17.1 Å². The maximum atomic E-state index is 14.0. The molecule has 9 amide bonds. The van der Waals surface area contributed by atoms with Crippen molar-refractivity contribution in [3.63, 3.8) is 0 Å². The van der Waals surface area contributed by atoms with Crippen molar-refractivity contribution in [2.45, 2.75) is 44.2 Å². The molecule has 3 heterocycles. The Labute approximate surface area is 389 Å². The van der Waals surface area contributed by atoms with Crippen LogP contribution in [-0.2, 0) is 60.7 Å². The highest BCUT2D eigenvalue weighted by Gasteiger charge is 2.37. The molecule has 0 spiro atoms. The number of unbranched alkanes of at least 4 members (excludes halogenated alkanes) is 2. The number of methoxy groups -OCH3 is 1. The normalized spacial score (nSPS) is 14.7. The number of nitrogens with zero attached hydrogens (tertiary/aromatic N) is 3. The van der Waals surface area contributed by atoms with Gasteiger partial charge in [-0.05, 0) is 42.2 Å². The number of ether oxygens (including phenoxy) is 3. The van der Waals surface area contributed by atoms with E-state index in [1.54, 1.807) is 65.7 Å². The van der Waals surface area contributed by atoms with Crippen molar-refractivity contribution < 1.29 is 62.2 Å². The number of benzene rings is 3. The molecule has 22 nitrogen and oxygen atoms in total. The zero-order chi connectivity index (χ0) is 48.6. The summed E-state index contributed by atoms with van der Waals surface area (Å²) < 4.78 is 16.8. The molecule has 0 aromatic heterocycles. The molecule has 6 rings (SSSR count). The minimum absolute atomic E-state index is 0.0322. The summed E-state index contributed by atoms with van der Waals surface area (Å²) in [6.07, 6.45) is 6.91. The number of amides is 9. The van der Waals surface area contributed by atoms with Gasteiger partial charge in [0.25, 0.3) is 17.7 Å². The van der Waals surface area contributed by atoms with Crippen molar-refractivity contribution in [1.82, 2.24) is 31.5 Å². The SMILES string of the molecule is COc1cc2c(cc1OCCCCC=O)N=CC1Cc3ccc(NC(=O)COCNC(=O)CNC(=O)C(Cc4ccccc4)NC(=O)CNC(=O)CNC(=O)CN4C(=O)C=CC4=O)cc3N1C2=O. The third-order valence-electron chi connectivity index (χ3n) is 10.5. The molecule has 0 bridgehead atoms. The standard InChI is InChI=1S/C46H49N9O13/c1-66-36-19-32-33(20-37(36)68-15-7-3-6-14-56)47-21-31-17-29-10-11-30(18-35(29)55(31)46(32)65)52-42(61)26-67-27-51-39(58)23-50-45(64)34(16-28-8-4-2-5-9-28)53-40(59)24-48-38(57)22-49-41(60)25-54-43(62)12-13-44(54)63/h2,4-5,8-14,18-21,31,34H,3,6-7,15-17,22-27H2,1H3,(H,48,57)(H,49,60)(H,50,64)(H,51,58)(H,52,61)(H,53,59). The first-order chi connectivity index (χ1) is 32.8. The molecule has 0 aliphatic carbocycles. The maximum absolute atomic E-state index is 14.0. The Balaban J connectivity index is 0.929. The summed E-state index contributed by atoms with van der Waals surface area (Å²) in [5.74, 6) is -5.08. The van der Waals surface area contributed by atoms with E-state index in [1.165, 1.54) is 7.11 Å². The first kappa shape index (κ1) is 49.2. The topological polar surface area (TPSA) is 289 Å². The third kappa shape index (κ3) is 13.4. The Bertz CT molecular complexity index is 2490. The molecule has 0 saturated carbocycles. The summed E-state index contributed by atoms with van der Waals surface area (Å²) in [6, 6.07) is 15.6. The number of hydrogen-bond donors (Lipinski definition) is 6. The number of rotatable bonds is 24. The Morgan fingerprint density at radius 1 is 0.809 bits per heavy atom. The van der Waals surface area contributed by atoms with Crippen LogP contribution in [0.1, 0.15) is 40.7 Å². The fourth-order valence-corrected chi connectivity index (χ4v) is 7.16. The first-order valence-corrected chi connectivity index (χ1v) is 21.4. The molecule has 68 heavy (non-hydrogen) atoms. The van der Waals surface area contributed by atoms with Crippen LogP contribution in [-0.4, -0.2) is 136 Å². The Morgan fingerprint density at radius 2 is 1.53 bits per heavy atom.